The van der Waals surface area contributed by atoms with Gasteiger partial charge in [-0.15, -0.1) is 0 Å². The molecule has 2 saturated heterocycles. The molecule has 1 aromatic heterocycles. The van der Waals surface area contributed by atoms with Crippen LogP contribution >= 0.6 is 11.6 Å². The van der Waals surface area contributed by atoms with Gasteiger partial charge in [-0.2, -0.15) is 0 Å². The Hall–Kier alpha value is -1.98. The second-order valence-electron chi connectivity index (χ2n) is 8.94. The van der Waals surface area contributed by atoms with Crippen molar-refractivity contribution in [1.82, 2.24) is 19.7 Å². The number of piperidine rings is 1. The highest BCUT2D eigenvalue weighted by Crippen LogP contribution is 2.22. The average molecular weight is 435 g/mol. The summed E-state index contributed by atoms with van der Waals surface area (Å²) < 4.78 is 0. The van der Waals surface area contributed by atoms with Crippen LogP contribution in [0.4, 0.5) is 0 Å². The summed E-state index contributed by atoms with van der Waals surface area (Å²) >= 11 is 6.14. The van der Waals surface area contributed by atoms with E-state index in [4.69, 9.17) is 16.6 Å². The van der Waals surface area contributed by atoms with Crippen LogP contribution in [0.25, 0.3) is 10.9 Å². The van der Waals surface area contributed by atoms with Crippen LogP contribution in [0, 0.1) is 0 Å². The van der Waals surface area contributed by atoms with Gasteiger partial charge in [0.15, 0.2) is 0 Å². The van der Waals surface area contributed by atoms with Gasteiger partial charge < -0.3 is 0 Å². The zero-order valence-corrected chi connectivity index (χ0v) is 18.8. The van der Waals surface area contributed by atoms with Crippen molar-refractivity contribution < 1.29 is 0 Å². The molecule has 0 saturated carbocycles. The number of hydrogen-bond donors (Lipinski definition) is 0. The quantitative estimate of drug-likeness (QED) is 0.582. The highest BCUT2D eigenvalue weighted by Gasteiger charge is 2.27. The lowest BCUT2D eigenvalue weighted by molar-refractivity contribution is 0.0546. The van der Waals surface area contributed by atoms with Crippen LogP contribution in [0.1, 0.15) is 24.1 Å². The van der Waals surface area contributed by atoms with Gasteiger partial charge in [-0.05, 0) is 49.7 Å². The number of benzene rings is 2. The van der Waals surface area contributed by atoms with Crippen LogP contribution in [0.5, 0.6) is 0 Å². The van der Waals surface area contributed by atoms with Crippen LogP contribution in [-0.2, 0) is 13.1 Å². The Bertz CT molecular complexity index is 993. The Morgan fingerprint density at radius 3 is 2.26 bits per heavy atom. The van der Waals surface area contributed by atoms with Crippen molar-refractivity contribution in [3.8, 4) is 0 Å². The molecule has 0 spiro atoms. The Morgan fingerprint density at radius 1 is 0.774 bits per heavy atom. The molecule has 0 radical (unpaired) electrons. The Labute approximate surface area is 190 Å². The van der Waals surface area contributed by atoms with E-state index >= 15 is 0 Å². The molecule has 4 nitrogen and oxygen atoms in total. The third kappa shape index (κ3) is 5.27. The average Bonchev–Trinajstić information content (AvgIpc) is 2.81. The molecule has 2 fully saturated rings. The first-order valence-electron chi connectivity index (χ1n) is 11.5. The minimum absolute atomic E-state index is 0.745. The van der Waals surface area contributed by atoms with Gasteiger partial charge in [0.05, 0.1) is 11.2 Å². The summed E-state index contributed by atoms with van der Waals surface area (Å²) in [6, 6.07) is 21.9. The highest BCUT2D eigenvalue weighted by molar-refractivity contribution is 6.31. The van der Waals surface area contributed by atoms with Crippen LogP contribution < -0.4 is 0 Å². The van der Waals surface area contributed by atoms with Gasteiger partial charge in [0.25, 0.3) is 0 Å². The first-order valence-corrected chi connectivity index (χ1v) is 11.9. The maximum Gasteiger partial charge on any atom is 0.0720 e. The van der Waals surface area contributed by atoms with Crippen molar-refractivity contribution in [2.24, 2.45) is 0 Å². The van der Waals surface area contributed by atoms with E-state index in [0.29, 0.717) is 0 Å². The minimum Gasteiger partial charge on any atom is -0.299 e. The molecular formula is C26H31ClN4. The second-order valence-corrected chi connectivity index (χ2v) is 9.38. The second kappa shape index (κ2) is 9.66. The Balaban J connectivity index is 1.09. The molecule has 0 unspecified atom stereocenters. The first-order chi connectivity index (χ1) is 15.2. The van der Waals surface area contributed by atoms with Crippen molar-refractivity contribution in [1.29, 1.82) is 0 Å². The normalized spacial score (nSPS) is 19.8. The molecule has 2 aromatic carbocycles. The monoisotopic (exact) mass is 434 g/mol. The molecule has 3 aromatic rings. The van der Waals surface area contributed by atoms with Crippen molar-refractivity contribution in [3.05, 3.63) is 76.9 Å². The summed E-state index contributed by atoms with van der Waals surface area (Å²) in [5, 5.41) is 1.90. The van der Waals surface area contributed by atoms with Crippen LogP contribution in [-0.4, -0.2) is 65.0 Å². The summed E-state index contributed by atoms with van der Waals surface area (Å²) in [4.78, 5) is 12.7. The van der Waals surface area contributed by atoms with Crippen LogP contribution in [0.3, 0.4) is 0 Å². The molecule has 0 atom stereocenters. The first kappa shape index (κ1) is 20.9. The topological polar surface area (TPSA) is 22.6 Å². The standard InChI is InChI=1S/C26H31ClN4/c27-23-8-6-22-7-9-24(28-26(22)18-23)20-30-14-16-31(17-15-30)25-10-12-29(13-11-25)19-21-4-2-1-3-5-21/h1-9,18,25H,10-17,19-20H2. The van der Waals surface area contributed by atoms with E-state index in [0.717, 1.165) is 53.8 Å². The fraction of sp³-hybridized carbons (Fsp3) is 0.423. The third-order valence-electron chi connectivity index (χ3n) is 6.83. The number of likely N-dealkylation sites (tertiary alicyclic amines) is 1. The SMILES string of the molecule is Clc1ccc2ccc(CN3CCN(C4CCN(Cc5ccccc5)CC4)CC3)nc2c1. The van der Waals surface area contributed by atoms with Gasteiger partial charge in [0.2, 0.25) is 0 Å². The number of hydrogen-bond acceptors (Lipinski definition) is 4. The molecule has 3 heterocycles. The number of rotatable bonds is 5. The van der Waals surface area contributed by atoms with E-state index in [9.17, 15) is 0 Å². The van der Waals surface area contributed by atoms with E-state index in [1.165, 1.54) is 44.6 Å². The summed E-state index contributed by atoms with van der Waals surface area (Å²) in [5.74, 6) is 0. The number of nitrogens with zero attached hydrogens (tertiary/aromatic N) is 4. The van der Waals surface area contributed by atoms with Gasteiger partial charge in [-0.3, -0.25) is 19.7 Å². The van der Waals surface area contributed by atoms with Crippen molar-refractivity contribution in [2.45, 2.75) is 32.0 Å². The fourth-order valence-electron chi connectivity index (χ4n) is 5.02. The van der Waals surface area contributed by atoms with Crippen molar-refractivity contribution in [3.63, 3.8) is 0 Å². The summed E-state index contributed by atoms with van der Waals surface area (Å²) in [5.41, 5.74) is 3.56. The molecule has 0 aliphatic carbocycles. The Kier molecular flexibility index (Phi) is 6.51. The lowest BCUT2D eigenvalue weighted by Gasteiger charge is -2.42. The summed E-state index contributed by atoms with van der Waals surface area (Å²) in [7, 11) is 0. The van der Waals surface area contributed by atoms with Gasteiger partial charge >= 0.3 is 0 Å². The van der Waals surface area contributed by atoms with Gasteiger partial charge in [0, 0.05) is 55.7 Å². The number of fused-ring (bicyclic) bond motifs is 1. The zero-order valence-electron chi connectivity index (χ0n) is 18.1. The van der Waals surface area contributed by atoms with E-state index in [1.807, 2.05) is 18.2 Å². The highest BCUT2D eigenvalue weighted by atomic mass is 35.5. The Morgan fingerprint density at radius 2 is 1.48 bits per heavy atom. The van der Waals surface area contributed by atoms with Gasteiger partial charge in [-0.1, -0.05) is 54.1 Å². The van der Waals surface area contributed by atoms with Crippen molar-refractivity contribution >= 4 is 22.5 Å². The third-order valence-corrected chi connectivity index (χ3v) is 7.06. The van der Waals surface area contributed by atoms with E-state index in [-0.39, 0.29) is 0 Å². The predicted octanol–water partition coefficient (Wildman–Crippen LogP) is 4.67. The lowest BCUT2D eigenvalue weighted by Crippen LogP contribution is -2.52. The van der Waals surface area contributed by atoms with E-state index in [1.54, 1.807) is 0 Å². The lowest BCUT2D eigenvalue weighted by atomic mass is 10.0. The van der Waals surface area contributed by atoms with E-state index < -0.39 is 0 Å². The van der Waals surface area contributed by atoms with Crippen LogP contribution in [0.15, 0.2) is 60.7 Å². The van der Waals surface area contributed by atoms with E-state index in [2.05, 4.69) is 57.2 Å². The molecule has 0 bridgehead atoms. The molecule has 2 aliphatic heterocycles. The van der Waals surface area contributed by atoms with Crippen molar-refractivity contribution in [2.75, 3.05) is 39.3 Å². The summed E-state index contributed by atoms with van der Waals surface area (Å²) in [6.07, 6.45) is 2.58. The molecule has 2 aliphatic rings. The number of aromatic nitrogens is 1. The minimum atomic E-state index is 0.745. The molecule has 0 N–H and O–H groups in total. The molecule has 5 heteroatoms. The molecular weight excluding hydrogens is 404 g/mol. The maximum absolute atomic E-state index is 6.14. The molecule has 162 valence electrons. The maximum atomic E-state index is 6.14. The zero-order chi connectivity index (χ0) is 21.0. The van der Waals surface area contributed by atoms with Gasteiger partial charge in [0.1, 0.15) is 0 Å². The fourth-order valence-corrected chi connectivity index (χ4v) is 5.19. The number of halogens is 1. The molecule has 31 heavy (non-hydrogen) atoms. The number of piperazine rings is 1. The molecule has 5 rings (SSSR count). The number of pyridine rings is 1. The largest absolute Gasteiger partial charge is 0.299 e. The summed E-state index contributed by atoms with van der Waals surface area (Å²) in [6.45, 7) is 9.02. The van der Waals surface area contributed by atoms with Crippen LogP contribution in [0.2, 0.25) is 5.02 Å². The predicted molar refractivity (Wildman–Crippen MR) is 128 cm³/mol. The smallest absolute Gasteiger partial charge is 0.0720 e. The van der Waals surface area contributed by atoms with Gasteiger partial charge in [-0.25, -0.2) is 0 Å². The molecule has 0 amide bonds.